The van der Waals surface area contributed by atoms with Crippen LogP contribution in [-0.4, -0.2) is 41.1 Å². The van der Waals surface area contributed by atoms with Crippen LogP contribution in [0.3, 0.4) is 0 Å². The molecule has 0 saturated carbocycles. The van der Waals surface area contributed by atoms with Crippen LogP contribution in [0.1, 0.15) is 5.69 Å². The summed E-state index contributed by atoms with van der Waals surface area (Å²) in [7, 11) is 2.48. The van der Waals surface area contributed by atoms with Crippen molar-refractivity contribution in [3.63, 3.8) is 0 Å². The van der Waals surface area contributed by atoms with Gasteiger partial charge in [0.05, 0.1) is 5.69 Å². The summed E-state index contributed by atoms with van der Waals surface area (Å²) in [6.07, 6.45) is 1.48. The molecule has 0 saturated heterocycles. The highest BCUT2D eigenvalue weighted by molar-refractivity contribution is 6.58. The number of rotatable bonds is 3. The highest BCUT2D eigenvalue weighted by Gasteiger charge is 2.10. The average Bonchev–Trinajstić information content (AvgIpc) is 2.04. The van der Waals surface area contributed by atoms with E-state index < -0.39 is 7.12 Å². The third kappa shape index (κ3) is 3.14. The molecule has 0 aromatic carbocycles. The van der Waals surface area contributed by atoms with E-state index in [1.165, 1.54) is 6.20 Å². The summed E-state index contributed by atoms with van der Waals surface area (Å²) in [5.74, 6) is 0. The van der Waals surface area contributed by atoms with Gasteiger partial charge in [0.25, 0.3) is 0 Å². The smallest absolute Gasteiger partial charge is 0.423 e. The third-order valence-electron chi connectivity index (χ3n) is 1.62. The van der Waals surface area contributed by atoms with E-state index in [1.807, 2.05) is 19.0 Å². The summed E-state index contributed by atoms with van der Waals surface area (Å²) in [6.45, 7) is 0.752. The van der Waals surface area contributed by atoms with Gasteiger partial charge in [-0.2, -0.15) is 0 Å². The molecule has 4 nitrogen and oxygen atoms in total. The van der Waals surface area contributed by atoms with Gasteiger partial charge in [-0.3, -0.25) is 4.98 Å². The van der Waals surface area contributed by atoms with Gasteiger partial charge in [0.15, 0.2) is 0 Å². The molecule has 0 fully saturated rings. The summed E-state index contributed by atoms with van der Waals surface area (Å²) in [4.78, 5) is 6.08. The Labute approximate surface area is 78.0 Å². The lowest BCUT2D eigenvalue weighted by atomic mass is 9.82. The second-order valence-corrected chi connectivity index (χ2v) is 3.19. The molecular formula is C8H13BN2O2. The van der Waals surface area contributed by atoms with Crippen LogP contribution in [0.2, 0.25) is 0 Å². The van der Waals surface area contributed by atoms with Gasteiger partial charge in [-0.05, 0) is 20.2 Å². The second-order valence-electron chi connectivity index (χ2n) is 3.19. The molecule has 2 N–H and O–H groups in total. The maximum Gasteiger partial charge on any atom is 0.490 e. The molecule has 0 unspecified atom stereocenters. The number of hydrogen-bond acceptors (Lipinski definition) is 4. The van der Waals surface area contributed by atoms with Gasteiger partial charge in [0, 0.05) is 18.2 Å². The standard InChI is InChI=1S/C8H13BN2O2/c1-11(2)6-8-4-3-7(5-10-8)9(12)13/h3-5,12-13H,6H2,1-2H3. The molecule has 1 aromatic heterocycles. The molecule has 0 amide bonds. The van der Waals surface area contributed by atoms with E-state index in [4.69, 9.17) is 10.0 Å². The van der Waals surface area contributed by atoms with Crippen LogP contribution in [-0.2, 0) is 6.54 Å². The Morgan fingerprint density at radius 1 is 1.38 bits per heavy atom. The first-order chi connectivity index (χ1) is 6.09. The number of aromatic nitrogens is 1. The Hall–Kier alpha value is -0.905. The molecule has 0 radical (unpaired) electrons. The van der Waals surface area contributed by atoms with Gasteiger partial charge in [-0.1, -0.05) is 6.07 Å². The van der Waals surface area contributed by atoms with Crippen molar-refractivity contribution < 1.29 is 10.0 Å². The Balaban J connectivity index is 2.70. The predicted octanol–water partition coefficient (Wildman–Crippen LogP) is -1.18. The van der Waals surface area contributed by atoms with Crippen molar-refractivity contribution in [1.82, 2.24) is 9.88 Å². The van der Waals surface area contributed by atoms with Crippen LogP contribution in [0.5, 0.6) is 0 Å². The summed E-state index contributed by atoms with van der Waals surface area (Å²) >= 11 is 0. The maximum atomic E-state index is 8.80. The molecule has 0 aliphatic rings. The first-order valence-corrected chi connectivity index (χ1v) is 4.05. The molecule has 0 atom stereocenters. The molecule has 1 aromatic rings. The van der Waals surface area contributed by atoms with Crippen LogP contribution in [0.4, 0.5) is 0 Å². The largest absolute Gasteiger partial charge is 0.490 e. The molecule has 0 aliphatic carbocycles. The number of hydrogen-bond donors (Lipinski definition) is 2. The Morgan fingerprint density at radius 2 is 2.08 bits per heavy atom. The van der Waals surface area contributed by atoms with Crippen LogP contribution in [0.25, 0.3) is 0 Å². The van der Waals surface area contributed by atoms with Crippen molar-refractivity contribution in [2.75, 3.05) is 14.1 Å². The predicted molar refractivity (Wildman–Crippen MR) is 51.5 cm³/mol. The van der Waals surface area contributed by atoms with E-state index in [-0.39, 0.29) is 0 Å². The minimum Gasteiger partial charge on any atom is -0.423 e. The fraction of sp³-hybridized carbons (Fsp3) is 0.375. The van der Waals surface area contributed by atoms with Crippen molar-refractivity contribution >= 4 is 12.6 Å². The molecular weight excluding hydrogens is 167 g/mol. The van der Waals surface area contributed by atoms with E-state index in [1.54, 1.807) is 12.1 Å². The van der Waals surface area contributed by atoms with Gasteiger partial charge >= 0.3 is 7.12 Å². The first-order valence-electron chi connectivity index (χ1n) is 4.05. The fourth-order valence-corrected chi connectivity index (χ4v) is 1.01. The lowest BCUT2D eigenvalue weighted by Gasteiger charge is -2.08. The van der Waals surface area contributed by atoms with Gasteiger partial charge in [-0.15, -0.1) is 0 Å². The molecule has 0 aliphatic heterocycles. The van der Waals surface area contributed by atoms with Gasteiger partial charge in [0.1, 0.15) is 0 Å². The van der Waals surface area contributed by atoms with E-state index in [2.05, 4.69) is 4.98 Å². The highest BCUT2D eigenvalue weighted by Crippen LogP contribution is 1.95. The normalized spacial score (nSPS) is 10.5. The van der Waals surface area contributed by atoms with Crippen molar-refractivity contribution in [1.29, 1.82) is 0 Å². The Bertz CT molecular complexity index is 261. The van der Waals surface area contributed by atoms with Crippen LogP contribution in [0.15, 0.2) is 18.3 Å². The quantitative estimate of drug-likeness (QED) is 0.575. The van der Waals surface area contributed by atoms with Gasteiger partial charge in [-0.25, -0.2) is 0 Å². The topological polar surface area (TPSA) is 56.6 Å². The third-order valence-corrected chi connectivity index (χ3v) is 1.62. The van der Waals surface area contributed by atoms with E-state index >= 15 is 0 Å². The van der Waals surface area contributed by atoms with Gasteiger partial charge < -0.3 is 14.9 Å². The zero-order chi connectivity index (χ0) is 9.84. The Morgan fingerprint density at radius 3 is 2.46 bits per heavy atom. The maximum absolute atomic E-state index is 8.80. The summed E-state index contributed by atoms with van der Waals surface area (Å²) in [6, 6.07) is 3.45. The lowest BCUT2D eigenvalue weighted by molar-refractivity contribution is 0.397. The number of nitrogens with zero attached hydrogens (tertiary/aromatic N) is 2. The van der Waals surface area contributed by atoms with Crippen molar-refractivity contribution in [3.05, 3.63) is 24.0 Å². The van der Waals surface area contributed by atoms with Crippen molar-refractivity contribution in [3.8, 4) is 0 Å². The molecule has 13 heavy (non-hydrogen) atoms. The lowest BCUT2D eigenvalue weighted by Crippen LogP contribution is -2.30. The van der Waals surface area contributed by atoms with Crippen LogP contribution < -0.4 is 5.46 Å². The van der Waals surface area contributed by atoms with Crippen LogP contribution >= 0.6 is 0 Å². The fourth-order valence-electron chi connectivity index (χ4n) is 1.01. The van der Waals surface area contributed by atoms with E-state index in [9.17, 15) is 0 Å². The van der Waals surface area contributed by atoms with Crippen LogP contribution in [0, 0.1) is 0 Å². The zero-order valence-electron chi connectivity index (χ0n) is 7.81. The monoisotopic (exact) mass is 180 g/mol. The number of pyridine rings is 1. The zero-order valence-corrected chi connectivity index (χ0v) is 7.81. The molecule has 70 valence electrons. The SMILES string of the molecule is CN(C)Cc1ccc(B(O)O)cn1. The molecule has 5 heteroatoms. The van der Waals surface area contributed by atoms with Gasteiger partial charge in [0.2, 0.25) is 0 Å². The first kappa shape index (κ1) is 10.2. The molecule has 1 heterocycles. The summed E-state index contributed by atoms with van der Waals surface area (Å²) in [5, 5.41) is 17.6. The second kappa shape index (κ2) is 4.36. The average molecular weight is 180 g/mol. The van der Waals surface area contributed by atoms with E-state index in [0.29, 0.717) is 5.46 Å². The minimum atomic E-state index is -1.43. The minimum absolute atomic E-state index is 0.419. The molecule has 0 bridgehead atoms. The molecule has 1 rings (SSSR count). The highest BCUT2D eigenvalue weighted by atomic mass is 16.4. The summed E-state index contributed by atoms with van der Waals surface area (Å²) in [5.41, 5.74) is 1.33. The van der Waals surface area contributed by atoms with Crippen molar-refractivity contribution in [2.24, 2.45) is 0 Å². The van der Waals surface area contributed by atoms with Crippen molar-refractivity contribution in [2.45, 2.75) is 6.54 Å². The molecule has 0 spiro atoms. The summed E-state index contributed by atoms with van der Waals surface area (Å²) < 4.78 is 0. The Kier molecular flexibility index (Phi) is 3.42. The van der Waals surface area contributed by atoms with E-state index in [0.717, 1.165) is 12.2 Å².